The predicted octanol–water partition coefficient (Wildman–Crippen LogP) is 2.12. The van der Waals surface area contributed by atoms with Crippen LogP contribution in [0.1, 0.15) is 19.4 Å². The molecule has 1 rings (SSSR count). The molecule has 0 saturated heterocycles. The van der Waals surface area contributed by atoms with E-state index < -0.39 is 12.1 Å². The lowest BCUT2D eigenvalue weighted by atomic mass is 10.1. The van der Waals surface area contributed by atoms with Crippen LogP contribution in [0, 0.1) is 0 Å². The number of aliphatic carboxylic acids is 1. The van der Waals surface area contributed by atoms with Crippen LogP contribution in [-0.4, -0.2) is 30.4 Å². The number of rotatable bonds is 6. The number of ether oxygens (including phenoxy) is 2. The Morgan fingerprint density at radius 3 is 2.29 bits per heavy atom. The van der Waals surface area contributed by atoms with E-state index in [0.717, 1.165) is 11.3 Å². The average Bonchev–Trinajstić information content (AvgIpc) is 2.28. The van der Waals surface area contributed by atoms with Crippen LogP contribution in [0.5, 0.6) is 5.75 Å². The van der Waals surface area contributed by atoms with E-state index in [1.807, 2.05) is 38.1 Å². The number of hydrogen-bond donors (Lipinski definition) is 1. The van der Waals surface area contributed by atoms with Gasteiger partial charge in [-0.1, -0.05) is 12.1 Å². The molecule has 0 bridgehead atoms. The minimum Gasteiger partial charge on any atom is -0.497 e. The van der Waals surface area contributed by atoms with Crippen molar-refractivity contribution in [2.24, 2.45) is 0 Å². The van der Waals surface area contributed by atoms with Crippen molar-refractivity contribution >= 4 is 5.97 Å². The van der Waals surface area contributed by atoms with Crippen LogP contribution in [0.25, 0.3) is 0 Å². The van der Waals surface area contributed by atoms with Crippen molar-refractivity contribution in [3.8, 4) is 5.75 Å². The van der Waals surface area contributed by atoms with Gasteiger partial charge in [-0.05, 0) is 31.5 Å². The summed E-state index contributed by atoms with van der Waals surface area (Å²) in [6.45, 7) is 3.65. The molecule has 0 unspecified atom stereocenters. The number of methoxy groups -OCH3 is 1. The number of carboxylic acids is 1. The first-order chi connectivity index (χ1) is 8.02. The zero-order chi connectivity index (χ0) is 12.8. The monoisotopic (exact) mass is 238 g/mol. The highest BCUT2D eigenvalue weighted by atomic mass is 16.5. The van der Waals surface area contributed by atoms with E-state index in [1.54, 1.807) is 7.11 Å². The quantitative estimate of drug-likeness (QED) is 0.824. The number of carboxylic acid groups (broad SMARTS) is 1. The highest BCUT2D eigenvalue weighted by molar-refractivity contribution is 5.72. The normalized spacial score (nSPS) is 12.5. The van der Waals surface area contributed by atoms with Crippen molar-refractivity contribution < 1.29 is 19.4 Å². The molecule has 0 spiro atoms. The second-order valence-corrected chi connectivity index (χ2v) is 4.06. The van der Waals surface area contributed by atoms with Gasteiger partial charge >= 0.3 is 5.97 Å². The maximum absolute atomic E-state index is 11.0. The molecule has 0 saturated carbocycles. The Labute approximate surface area is 101 Å². The van der Waals surface area contributed by atoms with Gasteiger partial charge in [0.25, 0.3) is 0 Å². The summed E-state index contributed by atoms with van der Waals surface area (Å²) in [5, 5.41) is 9.03. The first-order valence-corrected chi connectivity index (χ1v) is 5.54. The minimum absolute atomic E-state index is 0.102. The Hall–Kier alpha value is -1.55. The summed E-state index contributed by atoms with van der Waals surface area (Å²) in [7, 11) is 1.59. The van der Waals surface area contributed by atoms with E-state index in [2.05, 4.69) is 0 Å². The highest BCUT2D eigenvalue weighted by Crippen LogP contribution is 2.14. The summed E-state index contributed by atoms with van der Waals surface area (Å²) in [6, 6.07) is 7.31. The SMILES string of the molecule is COc1ccc(C[C@@H](OC(C)C)C(=O)O)cc1. The summed E-state index contributed by atoms with van der Waals surface area (Å²) in [4.78, 5) is 11.0. The van der Waals surface area contributed by atoms with E-state index in [0.29, 0.717) is 6.42 Å². The van der Waals surface area contributed by atoms with Gasteiger partial charge in [0, 0.05) is 6.42 Å². The molecule has 0 aliphatic carbocycles. The fourth-order valence-electron chi connectivity index (χ4n) is 1.50. The van der Waals surface area contributed by atoms with Gasteiger partial charge in [-0.25, -0.2) is 4.79 Å². The van der Waals surface area contributed by atoms with Crippen molar-refractivity contribution in [1.29, 1.82) is 0 Å². The van der Waals surface area contributed by atoms with E-state index in [1.165, 1.54) is 0 Å². The smallest absolute Gasteiger partial charge is 0.333 e. The van der Waals surface area contributed by atoms with Crippen molar-refractivity contribution in [2.75, 3.05) is 7.11 Å². The van der Waals surface area contributed by atoms with E-state index in [4.69, 9.17) is 14.6 Å². The van der Waals surface area contributed by atoms with Gasteiger partial charge in [0.05, 0.1) is 13.2 Å². The van der Waals surface area contributed by atoms with Gasteiger partial charge in [0.2, 0.25) is 0 Å². The fourth-order valence-corrected chi connectivity index (χ4v) is 1.50. The third-order valence-electron chi connectivity index (χ3n) is 2.29. The van der Waals surface area contributed by atoms with Crippen LogP contribution in [0.4, 0.5) is 0 Å². The molecular formula is C13H18O4. The summed E-state index contributed by atoms with van der Waals surface area (Å²) >= 11 is 0. The second-order valence-electron chi connectivity index (χ2n) is 4.06. The van der Waals surface area contributed by atoms with Gasteiger partial charge < -0.3 is 14.6 Å². The number of benzene rings is 1. The van der Waals surface area contributed by atoms with E-state index in [9.17, 15) is 4.79 Å². The molecule has 0 aromatic heterocycles. The Bertz CT molecular complexity index is 356. The molecule has 0 amide bonds. The topological polar surface area (TPSA) is 55.8 Å². The van der Waals surface area contributed by atoms with Crippen molar-refractivity contribution in [3.63, 3.8) is 0 Å². The zero-order valence-electron chi connectivity index (χ0n) is 10.3. The molecule has 4 nitrogen and oxygen atoms in total. The Morgan fingerprint density at radius 1 is 1.29 bits per heavy atom. The van der Waals surface area contributed by atoms with Gasteiger partial charge in [0.15, 0.2) is 6.10 Å². The van der Waals surface area contributed by atoms with Crippen molar-refractivity contribution in [1.82, 2.24) is 0 Å². The molecule has 0 aliphatic heterocycles. The van der Waals surface area contributed by atoms with Crippen LogP contribution in [0.15, 0.2) is 24.3 Å². The van der Waals surface area contributed by atoms with E-state index >= 15 is 0 Å². The Balaban J connectivity index is 2.68. The fraction of sp³-hybridized carbons (Fsp3) is 0.462. The van der Waals surface area contributed by atoms with Gasteiger partial charge in [-0.3, -0.25) is 0 Å². The predicted molar refractivity (Wildman–Crippen MR) is 64.3 cm³/mol. The molecular weight excluding hydrogens is 220 g/mol. The largest absolute Gasteiger partial charge is 0.497 e. The second kappa shape index (κ2) is 6.25. The van der Waals surface area contributed by atoms with Crippen LogP contribution >= 0.6 is 0 Å². The van der Waals surface area contributed by atoms with Crippen molar-refractivity contribution in [3.05, 3.63) is 29.8 Å². The Morgan fingerprint density at radius 2 is 1.88 bits per heavy atom. The first-order valence-electron chi connectivity index (χ1n) is 5.54. The summed E-state index contributed by atoms with van der Waals surface area (Å²) in [5.41, 5.74) is 0.916. The number of hydrogen-bond acceptors (Lipinski definition) is 3. The third-order valence-corrected chi connectivity index (χ3v) is 2.29. The van der Waals surface area contributed by atoms with Gasteiger partial charge in [0.1, 0.15) is 5.75 Å². The maximum Gasteiger partial charge on any atom is 0.333 e. The van der Waals surface area contributed by atoms with Crippen molar-refractivity contribution in [2.45, 2.75) is 32.5 Å². The average molecular weight is 238 g/mol. The van der Waals surface area contributed by atoms with Crippen LogP contribution < -0.4 is 4.74 Å². The molecule has 1 atom stereocenters. The number of carbonyl (C=O) groups is 1. The molecule has 0 fully saturated rings. The molecule has 1 aromatic carbocycles. The molecule has 0 heterocycles. The standard InChI is InChI=1S/C13H18O4/c1-9(2)17-12(13(14)15)8-10-4-6-11(16-3)7-5-10/h4-7,9,12H,8H2,1-3H3,(H,14,15)/t12-/m1/s1. The zero-order valence-corrected chi connectivity index (χ0v) is 10.3. The van der Waals surface area contributed by atoms with Crippen LogP contribution in [0.2, 0.25) is 0 Å². The minimum atomic E-state index is -0.936. The molecule has 4 heteroatoms. The first kappa shape index (κ1) is 13.5. The molecule has 0 aliphatic rings. The van der Waals surface area contributed by atoms with Crippen LogP contribution in [-0.2, 0) is 16.0 Å². The summed E-state index contributed by atoms with van der Waals surface area (Å²) in [5.74, 6) is -0.181. The van der Waals surface area contributed by atoms with Gasteiger partial charge in [-0.15, -0.1) is 0 Å². The summed E-state index contributed by atoms with van der Waals surface area (Å²) in [6.07, 6.45) is -0.546. The lowest BCUT2D eigenvalue weighted by molar-refractivity contribution is -0.153. The third kappa shape index (κ3) is 4.44. The van der Waals surface area contributed by atoms with Crippen LogP contribution in [0.3, 0.4) is 0 Å². The summed E-state index contributed by atoms with van der Waals surface area (Å²) < 4.78 is 10.4. The molecule has 0 radical (unpaired) electrons. The van der Waals surface area contributed by atoms with Gasteiger partial charge in [-0.2, -0.15) is 0 Å². The molecule has 94 valence electrons. The highest BCUT2D eigenvalue weighted by Gasteiger charge is 2.19. The maximum atomic E-state index is 11.0. The molecule has 1 aromatic rings. The molecule has 1 N–H and O–H groups in total. The molecule has 17 heavy (non-hydrogen) atoms. The van der Waals surface area contributed by atoms with E-state index in [-0.39, 0.29) is 6.10 Å². The lowest BCUT2D eigenvalue weighted by Crippen LogP contribution is -2.29. The Kier molecular flexibility index (Phi) is 4.97. The lowest BCUT2D eigenvalue weighted by Gasteiger charge is -2.16.